The molecule has 6 nitrogen and oxygen atoms in total. The Bertz CT molecular complexity index is 836. The minimum Gasteiger partial charge on any atom is -0.465 e. The number of H-pyrrole nitrogens is 1. The van der Waals surface area contributed by atoms with E-state index in [2.05, 4.69) is 9.84 Å². The predicted molar refractivity (Wildman–Crippen MR) is 86.7 cm³/mol. The molecule has 2 aromatic rings. The lowest BCUT2D eigenvalue weighted by atomic mass is 10.0. The standard InChI is InChI=1S/C15H14Cl2N2O4/c1-7(2)19-14(21)9(6-18-19)13(20)8-4-5-10(16)11(12(8)17)15(22)23-3/h4-7,18H,1-3H3. The van der Waals surface area contributed by atoms with E-state index in [1.54, 1.807) is 13.8 Å². The van der Waals surface area contributed by atoms with Crippen molar-refractivity contribution in [2.45, 2.75) is 19.9 Å². The van der Waals surface area contributed by atoms with Crippen molar-refractivity contribution in [2.75, 3.05) is 7.11 Å². The van der Waals surface area contributed by atoms with Gasteiger partial charge in [0.15, 0.2) is 0 Å². The minimum atomic E-state index is -0.761. The third-order valence-electron chi connectivity index (χ3n) is 3.28. The summed E-state index contributed by atoms with van der Waals surface area (Å²) in [6, 6.07) is 2.60. The molecule has 0 saturated heterocycles. The quantitative estimate of drug-likeness (QED) is 0.674. The lowest BCUT2D eigenvalue weighted by Gasteiger charge is -2.08. The fraction of sp³-hybridized carbons (Fsp3) is 0.267. The second kappa shape index (κ2) is 6.60. The number of hydrogen-bond acceptors (Lipinski definition) is 4. The number of benzene rings is 1. The normalized spacial score (nSPS) is 10.9. The highest BCUT2D eigenvalue weighted by molar-refractivity contribution is 6.41. The van der Waals surface area contributed by atoms with E-state index in [0.29, 0.717) is 0 Å². The maximum atomic E-state index is 12.6. The van der Waals surface area contributed by atoms with Gasteiger partial charge in [-0.2, -0.15) is 0 Å². The van der Waals surface area contributed by atoms with Gasteiger partial charge < -0.3 is 9.84 Å². The first-order valence-electron chi connectivity index (χ1n) is 6.70. The summed E-state index contributed by atoms with van der Waals surface area (Å²) in [6.07, 6.45) is 1.31. The molecule has 0 aliphatic rings. The molecule has 0 bridgehead atoms. The number of methoxy groups -OCH3 is 1. The van der Waals surface area contributed by atoms with Crippen molar-refractivity contribution in [3.05, 3.63) is 55.4 Å². The van der Waals surface area contributed by atoms with Gasteiger partial charge in [-0.1, -0.05) is 23.2 Å². The average Bonchev–Trinajstić information content (AvgIpc) is 2.88. The number of aromatic nitrogens is 2. The van der Waals surface area contributed by atoms with Crippen molar-refractivity contribution in [3.63, 3.8) is 0 Å². The summed E-state index contributed by atoms with van der Waals surface area (Å²) >= 11 is 12.1. The molecule has 1 aromatic carbocycles. The van der Waals surface area contributed by atoms with Gasteiger partial charge in [0.25, 0.3) is 5.56 Å². The molecule has 0 unspecified atom stereocenters. The van der Waals surface area contributed by atoms with Crippen LogP contribution in [0.2, 0.25) is 10.0 Å². The second-order valence-electron chi connectivity index (χ2n) is 5.06. The van der Waals surface area contributed by atoms with Crippen molar-refractivity contribution < 1.29 is 14.3 Å². The van der Waals surface area contributed by atoms with E-state index >= 15 is 0 Å². The van der Waals surface area contributed by atoms with Crippen LogP contribution in [0.4, 0.5) is 0 Å². The monoisotopic (exact) mass is 356 g/mol. The van der Waals surface area contributed by atoms with Crippen LogP contribution in [0.3, 0.4) is 0 Å². The number of ether oxygens (including phenoxy) is 1. The average molecular weight is 357 g/mol. The molecule has 0 aliphatic heterocycles. The molecule has 0 saturated carbocycles. The number of ketones is 1. The van der Waals surface area contributed by atoms with Crippen LogP contribution in [0.15, 0.2) is 23.1 Å². The molecule has 0 fully saturated rings. The molecule has 8 heteroatoms. The molecule has 0 spiro atoms. The number of esters is 1. The number of aromatic amines is 1. The maximum Gasteiger partial charge on any atom is 0.340 e. The molecule has 2 rings (SSSR count). The molecule has 1 aromatic heterocycles. The third-order valence-corrected chi connectivity index (χ3v) is 3.99. The van der Waals surface area contributed by atoms with Crippen LogP contribution in [0.5, 0.6) is 0 Å². The van der Waals surface area contributed by atoms with Gasteiger partial charge in [0, 0.05) is 17.8 Å². The van der Waals surface area contributed by atoms with Crippen LogP contribution in [0, 0.1) is 0 Å². The van der Waals surface area contributed by atoms with Crippen LogP contribution in [0.25, 0.3) is 0 Å². The largest absolute Gasteiger partial charge is 0.465 e. The first kappa shape index (κ1) is 17.3. The van der Waals surface area contributed by atoms with Crippen molar-refractivity contribution >= 4 is 35.0 Å². The highest BCUT2D eigenvalue weighted by Crippen LogP contribution is 2.30. The SMILES string of the molecule is COC(=O)c1c(Cl)ccc(C(=O)c2c[nH]n(C(C)C)c2=O)c1Cl. The van der Waals surface area contributed by atoms with Gasteiger partial charge in [0.05, 0.1) is 22.7 Å². The molecule has 122 valence electrons. The first-order chi connectivity index (χ1) is 10.8. The lowest BCUT2D eigenvalue weighted by Crippen LogP contribution is -2.23. The Balaban J connectivity index is 2.57. The van der Waals surface area contributed by atoms with Gasteiger partial charge in [-0.15, -0.1) is 0 Å². The van der Waals surface area contributed by atoms with Gasteiger partial charge in [-0.3, -0.25) is 14.3 Å². The molecule has 23 heavy (non-hydrogen) atoms. The Morgan fingerprint density at radius 3 is 2.39 bits per heavy atom. The number of carbonyl (C=O) groups excluding carboxylic acids is 2. The molecule has 1 heterocycles. The zero-order valence-electron chi connectivity index (χ0n) is 12.6. The van der Waals surface area contributed by atoms with Crippen LogP contribution < -0.4 is 5.56 Å². The van der Waals surface area contributed by atoms with Crippen LogP contribution in [-0.2, 0) is 4.74 Å². The Kier molecular flexibility index (Phi) is 4.97. The number of halogens is 2. The maximum absolute atomic E-state index is 12.6. The number of rotatable bonds is 4. The third kappa shape index (κ3) is 3.04. The summed E-state index contributed by atoms with van der Waals surface area (Å²) in [4.78, 5) is 36.6. The molecule has 0 radical (unpaired) electrons. The van der Waals surface area contributed by atoms with Gasteiger partial charge in [0.1, 0.15) is 5.56 Å². The van der Waals surface area contributed by atoms with Gasteiger partial charge in [-0.25, -0.2) is 4.79 Å². The summed E-state index contributed by atoms with van der Waals surface area (Å²) < 4.78 is 5.92. The number of nitrogens with one attached hydrogen (secondary N) is 1. The smallest absolute Gasteiger partial charge is 0.340 e. The van der Waals surface area contributed by atoms with Gasteiger partial charge in [-0.05, 0) is 26.0 Å². The van der Waals surface area contributed by atoms with Crippen molar-refractivity contribution in [3.8, 4) is 0 Å². The Hall–Kier alpha value is -2.05. The Labute approximate surface area is 141 Å². The summed E-state index contributed by atoms with van der Waals surface area (Å²) in [6.45, 7) is 3.60. The fourth-order valence-corrected chi connectivity index (χ4v) is 2.70. The van der Waals surface area contributed by atoms with Crippen molar-refractivity contribution in [2.24, 2.45) is 0 Å². The predicted octanol–water partition coefficient (Wildman–Crippen LogP) is 3.08. The highest BCUT2D eigenvalue weighted by atomic mass is 35.5. The van der Waals surface area contributed by atoms with E-state index in [0.717, 1.165) is 0 Å². The first-order valence-corrected chi connectivity index (χ1v) is 7.46. The van der Waals surface area contributed by atoms with E-state index in [-0.39, 0.29) is 32.8 Å². The molecular formula is C15H14Cl2N2O4. The van der Waals surface area contributed by atoms with Crippen molar-refractivity contribution in [1.82, 2.24) is 9.78 Å². The summed E-state index contributed by atoms with van der Waals surface area (Å²) in [7, 11) is 1.18. The van der Waals surface area contributed by atoms with E-state index in [1.165, 1.54) is 30.1 Å². The molecule has 0 aliphatic carbocycles. The van der Waals surface area contributed by atoms with Crippen LogP contribution in [0.1, 0.15) is 46.2 Å². The van der Waals surface area contributed by atoms with Gasteiger partial charge >= 0.3 is 5.97 Å². The second-order valence-corrected chi connectivity index (χ2v) is 5.85. The minimum absolute atomic E-state index is 0.00322. The van der Waals surface area contributed by atoms with E-state index < -0.39 is 17.3 Å². The summed E-state index contributed by atoms with van der Waals surface area (Å²) in [5, 5.41) is 2.64. The molecule has 0 atom stereocenters. The zero-order valence-corrected chi connectivity index (χ0v) is 14.2. The van der Waals surface area contributed by atoms with Crippen molar-refractivity contribution in [1.29, 1.82) is 0 Å². The fourth-order valence-electron chi connectivity index (χ4n) is 2.09. The Morgan fingerprint density at radius 1 is 1.22 bits per heavy atom. The summed E-state index contributed by atoms with van der Waals surface area (Å²) in [5.74, 6) is -1.36. The van der Waals surface area contributed by atoms with E-state index in [9.17, 15) is 14.4 Å². The van der Waals surface area contributed by atoms with E-state index in [1.807, 2.05) is 0 Å². The zero-order chi connectivity index (χ0) is 17.3. The summed E-state index contributed by atoms with van der Waals surface area (Å²) in [5.41, 5.74) is -0.640. The van der Waals surface area contributed by atoms with Crippen LogP contribution in [-0.4, -0.2) is 28.6 Å². The highest BCUT2D eigenvalue weighted by Gasteiger charge is 2.25. The van der Waals surface area contributed by atoms with Gasteiger partial charge in [0.2, 0.25) is 5.78 Å². The molecule has 0 amide bonds. The number of carbonyl (C=O) groups is 2. The number of hydrogen-bond donors (Lipinski definition) is 1. The lowest BCUT2D eigenvalue weighted by molar-refractivity contribution is 0.0601. The topological polar surface area (TPSA) is 81.2 Å². The molecular weight excluding hydrogens is 343 g/mol. The number of nitrogens with zero attached hydrogens (tertiary/aromatic N) is 1. The molecule has 1 N–H and O–H groups in total. The van der Waals surface area contributed by atoms with E-state index in [4.69, 9.17) is 23.2 Å². The van der Waals surface area contributed by atoms with Crippen LogP contribution >= 0.6 is 23.2 Å². The Morgan fingerprint density at radius 2 is 1.87 bits per heavy atom.